The van der Waals surface area contributed by atoms with Gasteiger partial charge < -0.3 is 9.47 Å². The van der Waals surface area contributed by atoms with Crippen LogP contribution in [0.3, 0.4) is 0 Å². The van der Waals surface area contributed by atoms with Crippen molar-refractivity contribution in [3.63, 3.8) is 0 Å². The van der Waals surface area contributed by atoms with Crippen LogP contribution in [0.4, 0.5) is 4.39 Å². The van der Waals surface area contributed by atoms with Crippen molar-refractivity contribution in [2.45, 2.75) is 92.8 Å². The van der Waals surface area contributed by atoms with Crippen LogP contribution in [0.5, 0.6) is 0 Å². The molecule has 0 radical (unpaired) electrons. The van der Waals surface area contributed by atoms with E-state index in [1.807, 2.05) is 23.7 Å². The van der Waals surface area contributed by atoms with E-state index < -0.39 is 9.84 Å². The second-order valence-corrected chi connectivity index (χ2v) is 14.5. The van der Waals surface area contributed by atoms with Crippen molar-refractivity contribution < 1.29 is 12.8 Å². The molecule has 208 valence electrons. The standard InChI is InChI=1S/C31H39FN4O2S/c1-34-30-28(33-31(34)21-6-10-26(11-7-21)39(2,37)38)13-12-27(29(30)32)20-14-16-35(17-15-20)25-18-23-8-9-24(19-25)36(23)22-4-3-5-22/h6-7,10-13,20,22-25H,3-5,8-9,14-19H2,1-2H3. The number of aryl methyl sites for hydroxylation is 1. The van der Waals surface area contributed by atoms with Crippen LogP contribution in [0.1, 0.15) is 69.3 Å². The van der Waals surface area contributed by atoms with E-state index in [0.717, 1.165) is 55.2 Å². The number of nitrogens with zero attached hydrogens (tertiary/aromatic N) is 4. The van der Waals surface area contributed by atoms with Gasteiger partial charge >= 0.3 is 0 Å². The molecule has 8 heteroatoms. The number of rotatable bonds is 5. The van der Waals surface area contributed by atoms with Crippen LogP contribution in [-0.2, 0) is 16.9 Å². The fraction of sp³-hybridized carbons (Fsp3) is 0.581. The third kappa shape index (κ3) is 4.43. The van der Waals surface area contributed by atoms with Gasteiger partial charge in [-0.25, -0.2) is 17.8 Å². The summed E-state index contributed by atoms with van der Waals surface area (Å²) >= 11 is 0. The van der Waals surface area contributed by atoms with Gasteiger partial charge in [0.25, 0.3) is 0 Å². The Balaban J connectivity index is 1.06. The molecule has 39 heavy (non-hydrogen) atoms. The molecule has 2 atom stereocenters. The van der Waals surface area contributed by atoms with Gasteiger partial charge in [-0.15, -0.1) is 0 Å². The third-order valence-corrected chi connectivity index (χ3v) is 11.4. The van der Waals surface area contributed by atoms with E-state index in [2.05, 4.69) is 9.80 Å². The molecule has 4 aliphatic rings. The first-order chi connectivity index (χ1) is 18.8. The first-order valence-corrected chi connectivity index (χ1v) is 16.6. The summed E-state index contributed by atoms with van der Waals surface area (Å²) in [6.45, 7) is 2.11. The second-order valence-electron chi connectivity index (χ2n) is 12.5. The molecule has 3 aliphatic heterocycles. The van der Waals surface area contributed by atoms with Gasteiger partial charge in [-0.05, 0) is 106 Å². The average molecular weight is 551 g/mol. The highest BCUT2D eigenvalue weighted by atomic mass is 32.2. The highest BCUT2D eigenvalue weighted by Crippen LogP contribution is 2.44. The van der Waals surface area contributed by atoms with E-state index in [1.165, 1.54) is 51.2 Å². The Kier molecular flexibility index (Phi) is 6.36. The molecule has 1 saturated carbocycles. The molecule has 1 aliphatic carbocycles. The maximum Gasteiger partial charge on any atom is 0.175 e. The number of aromatic nitrogens is 2. The lowest BCUT2D eigenvalue weighted by Crippen LogP contribution is -2.56. The smallest absolute Gasteiger partial charge is 0.175 e. The van der Waals surface area contributed by atoms with E-state index in [9.17, 15) is 8.42 Å². The number of benzene rings is 2. The zero-order chi connectivity index (χ0) is 26.9. The predicted molar refractivity (Wildman–Crippen MR) is 152 cm³/mol. The van der Waals surface area contributed by atoms with Crippen molar-refractivity contribution >= 4 is 20.9 Å². The van der Waals surface area contributed by atoms with Crippen molar-refractivity contribution in [2.75, 3.05) is 19.3 Å². The minimum Gasteiger partial charge on any atom is -0.325 e. The largest absolute Gasteiger partial charge is 0.325 e. The number of halogens is 1. The van der Waals surface area contributed by atoms with Crippen LogP contribution >= 0.6 is 0 Å². The molecule has 0 spiro atoms. The maximum atomic E-state index is 16.0. The molecule has 2 unspecified atom stereocenters. The number of piperidine rings is 2. The fourth-order valence-corrected chi connectivity index (χ4v) is 8.67. The molecule has 2 bridgehead atoms. The Hall–Kier alpha value is -2.29. The summed E-state index contributed by atoms with van der Waals surface area (Å²) in [4.78, 5) is 10.6. The van der Waals surface area contributed by atoms with Crippen molar-refractivity contribution in [1.82, 2.24) is 19.4 Å². The van der Waals surface area contributed by atoms with Gasteiger partial charge in [0.05, 0.1) is 10.4 Å². The van der Waals surface area contributed by atoms with Crippen molar-refractivity contribution in [2.24, 2.45) is 7.05 Å². The van der Waals surface area contributed by atoms with Crippen LogP contribution in [-0.4, -0.2) is 71.3 Å². The van der Waals surface area contributed by atoms with Crippen molar-refractivity contribution in [3.05, 3.63) is 47.8 Å². The van der Waals surface area contributed by atoms with Crippen LogP contribution in [0, 0.1) is 5.82 Å². The summed E-state index contributed by atoms with van der Waals surface area (Å²) in [6.07, 6.45) is 12.8. The van der Waals surface area contributed by atoms with E-state index in [4.69, 9.17) is 4.98 Å². The second kappa shape index (κ2) is 9.67. The predicted octanol–water partition coefficient (Wildman–Crippen LogP) is 5.51. The number of hydrogen-bond donors (Lipinski definition) is 0. The summed E-state index contributed by atoms with van der Waals surface area (Å²) in [5.41, 5.74) is 2.74. The van der Waals surface area contributed by atoms with Crippen LogP contribution in [0.25, 0.3) is 22.4 Å². The zero-order valence-corrected chi connectivity index (χ0v) is 23.8. The molecule has 0 amide bonds. The maximum absolute atomic E-state index is 16.0. The number of sulfone groups is 1. The SMILES string of the molecule is Cn1c(-c2ccc(S(C)(=O)=O)cc2)nc2ccc(C3CCN(C4CC5CCC(C4)N5C4CCC4)CC3)c(F)c21. The minimum absolute atomic E-state index is 0.160. The van der Waals surface area contributed by atoms with Gasteiger partial charge in [-0.3, -0.25) is 4.90 Å². The highest BCUT2D eigenvalue weighted by Gasteiger charge is 2.46. The lowest BCUT2D eigenvalue weighted by Gasteiger charge is -2.50. The summed E-state index contributed by atoms with van der Waals surface area (Å²) in [5.74, 6) is 0.704. The van der Waals surface area contributed by atoms with E-state index >= 15 is 4.39 Å². The van der Waals surface area contributed by atoms with Crippen molar-refractivity contribution in [3.8, 4) is 11.4 Å². The third-order valence-electron chi connectivity index (χ3n) is 10.3. The van der Waals surface area contributed by atoms with Crippen molar-refractivity contribution in [1.29, 1.82) is 0 Å². The van der Waals surface area contributed by atoms with Gasteiger partial charge in [0, 0.05) is 43.0 Å². The molecule has 1 aromatic heterocycles. The molecule has 3 saturated heterocycles. The Morgan fingerprint density at radius 1 is 0.846 bits per heavy atom. The average Bonchev–Trinajstić information content (AvgIpc) is 3.35. The molecule has 6 nitrogen and oxygen atoms in total. The van der Waals surface area contributed by atoms with Gasteiger partial charge in [-0.2, -0.15) is 0 Å². The molecule has 4 heterocycles. The van der Waals surface area contributed by atoms with Gasteiger partial charge in [-0.1, -0.05) is 12.5 Å². The molecule has 4 fully saturated rings. The monoisotopic (exact) mass is 550 g/mol. The topological polar surface area (TPSA) is 58.4 Å². The number of hydrogen-bond acceptors (Lipinski definition) is 5. The fourth-order valence-electron chi connectivity index (χ4n) is 8.04. The zero-order valence-electron chi connectivity index (χ0n) is 23.0. The van der Waals surface area contributed by atoms with Crippen LogP contribution in [0.2, 0.25) is 0 Å². The minimum atomic E-state index is -3.27. The Morgan fingerprint density at radius 2 is 1.51 bits per heavy atom. The molecule has 2 aromatic carbocycles. The number of fused-ring (bicyclic) bond motifs is 3. The lowest BCUT2D eigenvalue weighted by molar-refractivity contribution is -0.000884. The first-order valence-electron chi connectivity index (χ1n) is 14.7. The Labute approximate surface area is 231 Å². The van der Waals surface area contributed by atoms with E-state index in [1.54, 1.807) is 24.3 Å². The summed E-state index contributed by atoms with van der Waals surface area (Å²) in [5, 5.41) is 0. The van der Waals surface area contributed by atoms with Gasteiger partial charge in [0.1, 0.15) is 11.3 Å². The molecular formula is C31H39FN4O2S. The van der Waals surface area contributed by atoms with Crippen LogP contribution < -0.4 is 0 Å². The molecule has 3 aromatic rings. The van der Waals surface area contributed by atoms with E-state index in [-0.39, 0.29) is 16.6 Å². The summed E-state index contributed by atoms with van der Waals surface area (Å²) < 4.78 is 41.5. The lowest BCUT2D eigenvalue weighted by atomic mass is 9.84. The Morgan fingerprint density at radius 3 is 2.10 bits per heavy atom. The summed E-state index contributed by atoms with van der Waals surface area (Å²) in [7, 11) is -1.43. The summed E-state index contributed by atoms with van der Waals surface area (Å²) in [6, 6.07) is 13.7. The normalized spacial score (nSPS) is 27.3. The van der Waals surface area contributed by atoms with Gasteiger partial charge in [0.15, 0.2) is 15.7 Å². The molecular weight excluding hydrogens is 511 g/mol. The number of likely N-dealkylation sites (tertiary alicyclic amines) is 1. The van der Waals surface area contributed by atoms with E-state index in [0.29, 0.717) is 22.9 Å². The Bertz CT molecular complexity index is 1480. The van der Waals surface area contributed by atoms with Gasteiger partial charge in [0.2, 0.25) is 0 Å². The van der Waals surface area contributed by atoms with Crippen LogP contribution in [0.15, 0.2) is 41.3 Å². The molecule has 7 rings (SSSR count). The number of imidazole rings is 1. The quantitative estimate of drug-likeness (QED) is 0.419. The highest BCUT2D eigenvalue weighted by molar-refractivity contribution is 7.90. The molecule has 0 N–H and O–H groups in total. The first kappa shape index (κ1) is 25.7.